The molecule has 1 N–H and O–H groups in total. The summed E-state index contributed by atoms with van der Waals surface area (Å²) >= 11 is 0. The van der Waals surface area contributed by atoms with Crippen LogP contribution in [-0.4, -0.2) is 24.7 Å². The van der Waals surface area contributed by atoms with Gasteiger partial charge in [0, 0.05) is 29.9 Å². The predicted octanol–water partition coefficient (Wildman–Crippen LogP) is 3.07. The highest BCUT2D eigenvalue weighted by Crippen LogP contribution is 2.39. The molecule has 2 heterocycles. The van der Waals surface area contributed by atoms with E-state index in [9.17, 15) is 8.78 Å². The van der Waals surface area contributed by atoms with Crippen LogP contribution in [0, 0.1) is 11.6 Å². The fraction of sp³-hybridized carbons (Fsp3) is 0.600. The molecule has 1 aromatic carbocycles. The molecule has 4 heteroatoms. The summed E-state index contributed by atoms with van der Waals surface area (Å²) in [5, 5.41) is 3.52. The van der Waals surface area contributed by atoms with Crippen LogP contribution in [0.5, 0.6) is 0 Å². The van der Waals surface area contributed by atoms with Gasteiger partial charge in [0.25, 0.3) is 0 Å². The van der Waals surface area contributed by atoms with Crippen LogP contribution in [0.3, 0.4) is 0 Å². The molecule has 0 saturated carbocycles. The molecule has 2 unspecified atom stereocenters. The lowest BCUT2D eigenvalue weighted by molar-refractivity contribution is 0.361. The zero-order valence-electron chi connectivity index (χ0n) is 11.2. The van der Waals surface area contributed by atoms with E-state index in [1.165, 1.54) is 12.1 Å². The van der Waals surface area contributed by atoms with Crippen LogP contribution in [0.1, 0.15) is 32.6 Å². The lowest BCUT2D eigenvalue weighted by atomic mass is 9.96. The molecule has 3 rings (SSSR count). The molecule has 2 atom stereocenters. The van der Waals surface area contributed by atoms with Gasteiger partial charge in [-0.3, -0.25) is 0 Å². The van der Waals surface area contributed by atoms with E-state index in [4.69, 9.17) is 0 Å². The van der Waals surface area contributed by atoms with Crippen LogP contribution in [0.15, 0.2) is 18.2 Å². The highest BCUT2D eigenvalue weighted by Gasteiger charge is 2.40. The Balaban J connectivity index is 1.81. The molecule has 0 aromatic heterocycles. The normalized spacial score (nSPS) is 29.8. The van der Waals surface area contributed by atoms with Crippen molar-refractivity contribution in [3.8, 4) is 0 Å². The summed E-state index contributed by atoms with van der Waals surface area (Å²) < 4.78 is 26.4. The number of piperidine rings is 1. The Kier molecular flexibility index (Phi) is 3.44. The first kappa shape index (κ1) is 12.9. The van der Waals surface area contributed by atoms with E-state index >= 15 is 0 Å². The van der Waals surface area contributed by atoms with Crippen molar-refractivity contribution in [1.82, 2.24) is 5.32 Å². The number of rotatable bonds is 3. The predicted molar refractivity (Wildman–Crippen MR) is 72.3 cm³/mol. The van der Waals surface area contributed by atoms with Gasteiger partial charge in [-0.05, 0) is 44.4 Å². The van der Waals surface area contributed by atoms with Gasteiger partial charge in [0.2, 0.25) is 0 Å². The number of nitrogens with zero attached hydrogens (tertiary/aromatic N) is 1. The van der Waals surface area contributed by atoms with Crippen molar-refractivity contribution in [3.05, 3.63) is 29.8 Å². The first-order valence-electron chi connectivity index (χ1n) is 7.15. The Labute approximate surface area is 112 Å². The molecular weight excluding hydrogens is 246 g/mol. The minimum atomic E-state index is -0.765. The maximum Gasteiger partial charge on any atom is 0.160 e. The summed E-state index contributed by atoms with van der Waals surface area (Å²) in [7, 11) is 0. The molecule has 0 amide bonds. The highest BCUT2D eigenvalue weighted by atomic mass is 19.2. The zero-order valence-corrected chi connectivity index (χ0v) is 11.2. The van der Waals surface area contributed by atoms with E-state index in [2.05, 4.69) is 17.1 Å². The molecule has 2 aliphatic rings. The molecule has 2 fully saturated rings. The molecule has 2 saturated heterocycles. The van der Waals surface area contributed by atoms with Gasteiger partial charge in [-0.15, -0.1) is 0 Å². The minimum Gasteiger partial charge on any atom is -0.365 e. The van der Waals surface area contributed by atoms with Crippen LogP contribution in [0.2, 0.25) is 0 Å². The van der Waals surface area contributed by atoms with E-state index < -0.39 is 11.6 Å². The van der Waals surface area contributed by atoms with Crippen molar-refractivity contribution in [3.63, 3.8) is 0 Å². The number of hydrogen-bond donors (Lipinski definition) is 1. The highest BCUT2D eigenvalue weighted by molar-refractivity contribution is 5.51. The Morgan fingerprint density at radius 2 is 1.84 bits per heavy atom. The second kappa shape index (κ2) is 5.08. The summed E-state index contributed by atoms with van der Waals surface area (Å²) in [5.41, 5.74) is 0.835. The van der Waals surface area contributed by atoms with Crippen LogP contribution in [0.25, 0.3) is 0 Å². The van der Waals surface area contributed by atoms with Crippen molar-refractivity contribution in [2.75, 3.05) is 11.4 Å². The molecule has 2 nitrogen and oxygen atoms in total. The van der Waals surface area contributed by atoms with Crippen molar-refractivity contribution >= 4 is 5.69 Å². The minimum absolute atomic E-state index is 0.465. The number of benzene rings is 1. The Hall–Kier alpha value is -1.16. The van der Waals surface area contributed by atoms with Crippen LogP contribution in [-0.2, 0) is 0 Å². The van der Waals surface area contributed by atoms with Gasteiger partial charge in [-0.2, -0.15) is 0 Å². The maximum atomic E-state index is 13.4. The van der Waals surface area contributed by atoms with Crippen molar-refractivity contribution in [2.45, 2.75) is 50.7 Å². The van der Waals surface area contributed by atoms with Crippen molar-refractivity contribution in [2.24, 2.45) is 0 Å². The number of anilines is 1. The summed E-state index contributed by atoms with van der Waals surface area (Å²) in [5.74, 6) is -1.51. The molecule has 0 aliphatic carbocycles. The fourth-order valence-electron chi connectivity index (χ4n) is 3.70. The van der Waals surface area contributed by atoms with E-state index in [1.807, 2.05) is 0 Å². The molecule has 1 aromatic rings. The molecular formula is C15H20F2N2. The topological polar surface area (TPSA) is 15.3 Å². The van der Waals surface area contributed by atoms with Gasteiger partial charge in [-0.1, -0.05) is 6.92 Å². The first-order valence-corrected chi connectivity index (χ1v) is 7.15. The number of hydrogen-bond acceptors (Lipinski definition) is 2. The molecule has 2 aliphatic heterocycles. The number of nitrogens with one attached hydrogen (secondary N) is 1. The second-order valence-electron chi connectivity index (χ2n) is 5.62. The molecule has 104 valence electrons. The molecule has 0 spiro atoms. The Bertz CT molecular complexity index is 449. The SMILES string of the molecule is CCNC1CC2CCC(C1)N2c1ccc(F)c(F)c1. The third-order valence-electron chi connectivity index (χ3n) is 4.43. The smallest absolute Gasteiger partial charge is 0.160 e. The molecule has 2 bridgehead atoms. The van der Waals surface area contributed by atoms with Gasteiger partial charge < -0.3 is 10.2 Å². The van der Waals surface area contributed by atoms with Crippen LogP contribution >= 0.6 is 0 Å². The van der Waals surface area contributed by atoms with Crippen LogP contribution in [0.4, 0.5) is 14.5 Å². The standard InChI is InChI=1S/C15H20F2N2/c1-2-18-10-7-11-3-4-12(8-10)19(11)13-5-6-14(16)15(17)9-13/h5-6,9-12,18H,2-4,7-8H2,1H3. The largest absolute Gasteiger partial charge is 0.365 e. The van der Waals surface area contributed by atoms with Gasteiger partial charge in [0.1, 0.15) is 0 Å². The lowest BCUT2D eigenvalue weighted by Gasteiger charge is -2.41. The van der Waals surface area contributed by atoms with Gasteiger partial charge in [0.15, 0.2) is 11.6 Å². The van der Waals surface area contributed by atoms with Gasteiger partial charge in [-0.25, -0.2) is 8.78 Å². The second-order valence-corrected chi connectivity index (χ2v) is 5.62. The van der Waals surface area contributed by atoms with E-state index in [0.717, 1.165) is 37.9 Å². The van der Waals surface area contributed by atoms with E-state index in [0.29, 0.717) is 18.1 Å². The Morgan fingerprint density at radius 1 is 1.16 bits per heavy atom. The van der Waals surface area contributed by atoms with Gasteiger partial charge in [0.05, 0.1) is 0 Å². The first-order chi connectivity index (χ1) is 9.19. The van der Waals surface area contributed by atoms with Crippen molar-refractivity contribution < 1.29 is 8.78 Å². The average molecular weight is 266 g/mol. The molecule has 19 heavy (non-hydrogen) atoms. The third kappa shape index (κ3) is 2.34. The number of halogens is 2. The summed E-state index contributed by atoms with van der Waals surface area (Å²) in [6, 6.07) is 5.79. The zero-order chi connectivity index (χ0) is 13.4. The van der Waals surface area contributed by atoms with Gasteiger partial charge >= 0.3 is 0 Å². The monoisotopic (exact) mass is 266 g/mol. The number of fused-ring (bicyclic) bond motifs is 2. The van der Waals surface area contributed by atoms with E-state index in [-0.39, 0.29) is 0 Å². The third-order valence-corrected chi connectivity index (χ3v) is 4.43. The maximum absolute atomic E-state index is 13.4. The van der Waals surface area contributed by atoms with Crippen molar-refractivity contribution in [1.29, 1.82) is 0 Å². The van der Waals surface area contributed by atoms with E-state index in [1.54, 1.807) is 6.07 Å². The lowest BCUT2D eigenvalue weighted by Crippen LogP contribution is -2.49. The summed E-state index contributed by atoms with van der Waals surface area (Å²) in [4.78, 5) is 2.30. The quantitative estimate of drug-likeness (QED) is 0.904. The summed E-state index contributed by atoms with van der Waals surface area (Å²) in [6.45, 7) is 3.12. The molecule has 0 radical (unpaired) electrons. The average Bonchev–Trinajstić information content (AvgIpc) is 2.65. The van der Waals surface area contributed by atoms with Crippen LogP contribution < -0.4 is 10.2 Å². The fourth-order valence-corrected chi connectivity index (χ4v) is 3.70. The summed E-state index contributed by atoms with van der Waals surface area (Å²) in [6.07, 6.45) is 4.52. The Morgan fingerprint density at radius 3 is 2.42 bits per heavy atom.